The van der Waals surface area contributed by atoms with Gasteiger partial charge in [-0.3, -0.25) is 9.69 Å². The Bertz CT molecular complexity index is 404. The van der Waals surface area contributed by atoms with Crippen molar-refractivity contribution < 1.29 is 9.18 Å². The minimum absolute atomic E-state index is 0.100. The third-order valence-electron chi connectivity index (χ3n) is 3.35. The van der Waals surface area contributed by atoms with Gasteiger partial charge in [-0.15, -0.1) is 0 Å². The standard InChI is InChI=1S/C15H24FN3O/c1-3-14(4-2)19(10-9-17)11-15(20)18-13-7-5-12(16)6-8-13/h5-8,14H,3-4,9-11,17H2,1-2H3,(H,18,20). The van der Waals surface area contributed by atoms with E-state index in [4.69, 9.17) is 5.73 Å². The third-order valence-corrected chi connectivity index (χ3v) is 3.35. The Labute approximate surface area is 120 Å². The fourth-order valence-corrected chi connectivity index (χ4v) is 2.28. The van der Waals surface area contributed by atoms with Gasteiger partial charge in [-0.2, -0.15) is 0 Å². The Kier molecular flexibility index (Phi) is 7.18. The number of anilines is 1. The van der Waals surface area contributed by atoms with Crippen LogP contribution in [0.2, 0.25) is 0 Å². The van der Waals surface area contributed by atoms with E-state index in [1.807, 2.05) is 0 Å². The fourth-order valence-electron chi connectivity index (χ4n) is 2.28. The number of carbonyl (C=O) groups is 1. The molecule has 112 valence electrons. The quantitative estimate of drug-likeness (QED) is 0.768. The van der Waals surface area contributed by atoms with Gasteiger partial charge in [0.15, 0.2) is 0 Å². The highest BCUT2D eigenvalue weighted by Crippen LogP contribution is 2.10. The molecule has 0 heterocycles. The fraction of sp³-hybridized carbons (Fsp3) is 0.533. The van der Waals surface area contributed by atoms with Crippen molar-refractivity contribution in [2.45, 2.75) is 32.7 Å². The smallest absolute Gasteiger partial charge is 0.238 e. The minimum Gasteiger partial charge on any atom is -0.329 e. The van der Waals surface area contributed by atoms with E-state index in [0.29, 0.717) is 31.4 Å². The molecule has 0 saturated heterocycles. The lowest BCUT2D eigenvalue weighted by molar-refractivity contribution is -0.117. The van der Waals surface area contributed by atoms with Crippen LogP contribution >= 0.6 is 0 Å². The molecule has 1 aromatic carbocycles. The van der Waals surface area contributed by atoms with Crippen molar-refractivity contribution in [3.63, 3.8) is 0 Å². The first-order valence-corrected chi connectivity index (χ1v) is 7.10. The Morgan fingerprint density at radius 2 is 1.90 bits per heavy atom. The highest BCUT2D eigenvalue weighted by Gasteiger charge is 2.17. The molecule has 0 aliphatic heterocycles. The van der Waals surface area contributed by atoms with E-state index >= 15 is 0 Å². The highest BCUT2D eigenvalue weighted by molar-refractivity contribution is 5.92. The van der Waals surface area contributed by atoms with Crippen molar-refractivity contribution in [3.8, 4) is 0 Å². The van der Waals surface area contributed by atoms with Crippen LogP contribution in [0.25, 0.3) is 0 Å². The van der Waals surface area contributed by atoms with Gasteiger partial charge in [0.25, 0.3) is 0 Å². The average Bonchev–Trinajstić information content (AvgIpc) is 2.43. The number of rotatable bonds is 8. The van der Waals surface area contributed by atoms with Gasteiger partial charge in [0.05, 0.1) is 6.54 Å². The van der Waals surface area contributed by atoms with E-state index < -0.39 is 0 Å². The van der Waals surface area contributed by atoms with Crippen LogP contribution in [0.3, 0.4) is 0 Å². The second kappa shape index (κ2) is 8.66. The second-order valence-electron chi connectivity index (χ2n) is 4.78. The van der Waals surface area contributed by atoms with E-state index in [9.17, 15) is 9.18 Å². The van der Waals surface area contributed by atoms with Crippen LogP contribution in [0, 0.1) is 5.82 Å². The van der Waals surface area contributed by atoms with Gasteiger partial charge in [-0.1, -0.05) is 13.8 Å². The molecule has 0 aliphatic carbocycles. The summed E-state index contributed by atoms with van der Waals surface area (Å²) >= 11 is 0. The molecule has 0 aliphatic rings. The lowest BCUT2D eigenvalue weighted by Gasteiger charge is -2.29. The number of benzene rings is 1. The van der Waals surface area contributed by atoms with E-state index in [1.165, 1.54) is 12.1 Å². The lowest BCUT2D eigenvalue weighted by Crippen LogP contribution is -2.43. The summed E-state index contributed by atoms with van der Waals surface area (Å²) in [5.74, 6) is -0.415. The van der Waals surface area contributed by atoms with Crippen LogP contribution in [-0.4, -0.2) is 36.5 Å². The number of nitrogens with zero attached hydrogens (tertiary/aromatic N) is 1. The van der Waals surface area contributed by atoms with Crippen LogP contribution in [0.1, 0.15) is 26.7 Å². The number of nitrogens with two attached hydrogens (primary N) is 1. The second-order valence-corrected chi connectivity index (χ2v) is 4.78. The molecule has 0 fully saturated rings. The molecule has 0 unspecified atom stereocenters. The minimum atomic E-state index is -0.315. The van der Waals surface area contributed by atoms with Crippen LogP contribution in [0.4, 0.5) is 10.1 Å². The summed E-state index contributed by atoms with van der Waals surface area (Å²) in [4.78, 5) is 14.1. The van der Waals surface area contributed by atoms with Crippen LogP contribution < -0.4 is 11.1 Å². The van der Waals surface area contributed by atoms with Crippen molar-refractivity contribution in [2.75, 3.05) is 25.0 Å². The molecule has 0 aromatic heterocycles. The van der Waals surface area contributed by atoms with Crippen molar-refractivity contribution >= 4 is 11.6 Å². The SMILES string of the molecule is CCC(CC)N(CCN)CC(=O)Nc1ccc(F)cc1. The molecule has 0 atom stereocenters. The van der Waals surface area contributed by atoms with E-state index in [0.717, 1.165) is 12.8 Å². The number of nitrogens with one attached hydrogen (secondary N) is 1. The molecular formula is C15H24FN3O. The Balaban J connectivity index is 2.59. The molecule has 1 rings (SSSR count). The number of amides is 1. The number of hydrogen-bond acceptors (Lipinski definition) is 3. The Morgan fingerprint density at radius 3 is 2.40 bits per heavy atom. The maximum absolute atomic E-state index is 12.8. The predicted molar refractivity (Wildman–Crippen MR) is 80.0 cm³/mol. The normalized spacial score (nSPS) is 11.1. The molecule has 0 spiro atoms. The maximum Gasteiger partial charge on any atom is 0.238 e. The molecular weight excluding hydrogens is 257 g/mol. The zero-order valence-corrected chi connectivity index (χ0v) is 12.2. The lowest BCUT2D eigenvalue weighted by atomic mass is 10.1. The van der Waals surface area contributed by atoms with Crippen LogP contribution in [0.15, 0.2) is 24.3 Å². The predicted octanol–water partition coefficient (Wildman–Crippen LogP) is 2.21. The van der Waals surface area contributed by atoms with Crippen molar-refractivity contribution in [2.24, 2.45) is 5.73 Å². The number of hydrogen-bond donors (Lipinski definition) is 2. The number of halogens is 1. The van der Waals surface area contributed by atoms with E-state index in [-0.39, 0.29) is 11.7 Å². The monoisotopic (exact) mass is 281 g/mol. The summed E-state index contributed by atoms with van der Waals surface area (Å²) in [6.45, 7) is 5.75. The Hall–Kier alpha value is -1.46. The largest absolute Gasteiger partial charge is 0.329 e. The molecule has 0 saturated carbocycles. The van der Waals surface area contributed by atoms with Crippen molar-refractivity contribution in [1.82, 2.24) is 4.90 Å². The first kappa shape index (κ1) is 16.6. The molecule has 5 heteroatoms. The maximum atomic E-state index is 12.8. The topological polar surface area (TPSA) is 58.4 Å². The molecule has 20 heavy (non-hydrogen) atoms. The summed E-state index contributed by atoms with van der Waals surface area (Å²) in [5, 5.41) is 2.77. The Morgan fingerprint density at radius 1 is 1.30 bits per heavy atom. The van der Waals surface area contributed by atoms with Gasteiger partial charge in [-0.25, -0.2) is 4.39 Å². The molecule has 0 bridgehead atoms. The van der Waals surface area contributed by atoms with Gasteiger partial charge in [0.2, 0.25) is 5.91 Å². The molecule has 1 amide bonds. The van der Waals surface area contributed by atoms with Crippen LogP contribution in [0.5, 0.6) is 0 Å². The van der Waals surface area contributed by atoms with Gasteiger partial charge < -0.3 is 11.1 Å². The molecule has 0 radical (unpaired) electrons. The summed E-state index contributed by atoms with van der Waals surface area (Å²) in [6, 6.07) is 6.12. The summed E-state index contributed by atoms with van der Waals surface area (Å²) in [6.07, 6.45) is 1.97. The average molecular weight is 281 g/mol. The molecule has 1 aromatic rings. The number of carbonyl (C=O) groups excluding carboxylic acids is 1. The van der Waals surface area contributed by atoms with Crippen molar-refractivity contribution in [3.05, 3.63) is 30.1 Å². The zero-order chi connectivity index (χ0) is 15.0. The van der Waals surface area contributed by atoms with Gasteiger partial charge >= 0.3 is 0 Å². The summed E-state index contributed by atoms with van der Waals surface area (Å²) in [7, 11) is 0. The van der Waals surface area contributed by atoms with Crippen molar-refractivity contribution in [1.29, 1.82) is 0 Å². The van der Waals surface area contributed by atoms with Crippen LogP contribution in [-0.2, 0) is 4.79 Å². The summed E-state index contributed by atoms with van der Waals surface area (Å²) in [5.41, 5.74) is 6.21. The highest BCUT2D eigenvalue weighted by atomic mass is 19.1. The van der Waals surface area contributed by atoms with Gasteiger partial charge in [0, 0.05) is 24.8 Å². The third kappa shape index (κ3) is 5.27. The van der Waals surface area contributed by atoms with Gasteiger partial charge in [-0.05, 0) is 37.1 Å². The first-order valence-electron chi connectivity index (χ1n) is 7.10. The van der Waals surface area contributed by atoms with E-state index in [2.05, 4.69) is 24.1 Å². The zero-order valence-electron chi connectivity index (χ0n) is 12.2. The van der Waals surface area contributed by atoms with E-state index in [1.54, 1.807) is 12.1 Å². The molecule has 4 nitrogen and oxygen atoms in total. The summed E-state index contributed by atoms with van der Waals surface area (Å²) < 4.78 is 12.8. The van der Waals surface area contributed by atoms with Gasteiger partial charge in [0.1, 0.15) is 5.82 Å². The molecule has 3 N–H and O–H groups in total. The first-order chi connectivity index (χ1) is 9.60.